The Morgan fingerprint density at radius 2 is 1.68 bits per heavy atom. The van der Waals surface area contributed by atoms with Crippen LogP contribution in [-0.4, -0.2) is 36.1 Å². The van der Waals surface area contributed by atoms with E-state index in [1.807, 2.05) is 0 Å². The van der Waals surface area contributed by atoms with Crippen LogP contribution >= 0.6 is 0 Å². The van der Waals surface area contributed by atoms with Crippen molar-refractivity contribution in [3.63, 3.8) is 0 Å². The Morgan fingerprint density at radius 1 is 1.14 bits per heavy atom. The number of benzene rings is 1. The highest BCUT2D eigenvalue weighted by Crippen LogP contribution is 2.12. The number of esters is 1. The molecule has 0 aliphatic rings. The van der Waals surface area contributed by atoms with Crippen molar-refractivity contribution >= 4 is 11.7 Å². The average molecular weight is 306 g/mol. The fraction of sp³-hybridized carbons (Fsp3) is 0.611. The van der Waals surface area contributed by atoms with E-state index in [2.05, 4.69) is 32.6 Å². The lowest BCUT2D eigenvalue weighted by atomic mass is 10.1. The van der Waals surface area contributed by atoms with Crippen LogP contribution in [0.4, 0.5) is 5.69 Å². The van der Waals surface area contributed by atoms with Gasteiger partial charge in [-0.15, -0.1) is 0 Å². The van der Waals surface area contributed by atoms with Crippen LogP contribution in [0.15, 0.2) is 24.3 Å². The van der Waals surface area contributed by atoms with Crippen molar-refractivity contribution in [3.05, 3.63) is 29.8 Å². The normalized spacial score (nSPS) is 13.9. The highest BCUT2D eigenvalue weighted by molar-refractivity contribution is 5.89. The number of carbonyl (C=O) groups excluding carboxylic acids is 1. The van der Waals surface area contributed by atoms with Gasteiger partial charge in [0.1, 0.15) is 0 Å². The molecule has 0 fully saturated rings. The van der Waals surface area contributed by atoms with Crippen LogP contribution in [0.5, 0.6) is 0 Å². The van der Waals surface area contributed by atoms with Crippen molar-refractivity contribution in [2.45, 2.75) is 59.0 Å². The van der Waals surface area contributed by atoms with Crippen molar-refractivity contribution in [1.29, 1.82) is 0 Å². The van der Waals surface area contributed by atoms with E-state index in [0.717, 1.165) is 25.8 Å². The SMILES string of the molecule is CCC(C)N(CCCOC(=O)c1ccc(N)cc1)C(C)CC. The summed E-state index contributed by atoms with van der Waals surface area (Å²) < 4.78 is 5.34. The standard InChI is InChI=1S/C18H30N2O2/c1-5-14(3)20(15(4)6-2)12-7-13-22-18(21)16-8-10-17(19)11-9-16/h8-11,14-15H,5-7,12-13,19H2,1-4H3. The molecule has 0 amide bonds. The average Bonchev–Trinajstić information content (AvgIpc) is 2.54. The molecule has 0 spiro atoms. The number of nitrogens with zero attached hydrogens (tertiary/aromatic N) is 1. The van der Waals surface area contributed by atoms with Crippen LogP contribution in [-0.2, 0) is 4.74 Å². The third-order valence-corrected chi connectivity index (χ3v) is 4.25. The molecule has 0 aliphatic heterocycles. The van der Waals surface area contributed by atoms with Gasteiger partial charge in [-0.05, 0) is 57.4 Å². The molecule has 1 aromatic carbocycles. The smallest absolute Gasteiger partial charge is 0.338 e. The molecule has 0 saturated heterocycles. The van der Waals surface area contributed by atoms with Crippen LogP contribution in [0.2, 0.25) is 0 Å². The number of hydrogen-bond donors (Lipinski definition) is 1. The molecule has 2 atom stereocenters. The summed E-state index contributed by atoms with van der Waals surface area (Å²) in [5.74, 6) is -0.279. The van der Waals surface area contributed by atoms with Crippen LogP contribution in [0, 0.1) is 0 Å². The number of hydrogen-bond acceptors (Lipinski definition) is 4. The van der Waals surface area contributed by atoms with E-state index in [1.54, 1.807) is 24.3 Å². The zero-order valence-corrected chi connectivity index (χ0v) is 14.3. The Bertz CT molecular complexity index is 435. The quantitative estimate of drug-likeness (QED) is 0.429. The largest absolute Gasteiger partial charge is 0.462 e. The lowest BCUT2D eigenvalue weighted by Crippen LogP contribution is -2.40. The highest BCUT2D eigenvalue weighted by Gasteiger charge is 2.17. The third kappa shape index (κ3) is 5.68. The van der Waals surface area contributed by atoms with Gasteiger partial charge in [0.05, 0.1) is 12.2 Å². The molecule has 2 N–H and O–H groups in total. The maximum absolute atomic E-state index is 11.9. The first-order valence-corrected chi connectivity index (χ1v) is 8.28. The molecule has 124 valence electrons. The van der Waals surface area contributed by atoms with Gasteiger partial charge in [0.25, 0.3) is 0 Å². The monoisotopic (exact) mass is 306 g/mol. The first-order valence-electron chi connectivity index (χ1n) is 8.28. The van der Waals surface area contributed by atoms with Gasteiger partial charge in [-0.1, -0.05) is 13.8 Å². The second kappa shape index (κ2) is 9.46. The number of nitrogens with two attached hydrogens (primary N) is 1. The second-order valence-electron chi connectivity index (χ2n) is 5.86. The van der Waals surface area contributed by atoms with Crippen molar-refractivity contribution in [2.75, 3.05) is 18.9 Å². The molecule has 4 nitrogen and oxygen atoms in total. The van der Waals surface area contributed by atoms with Crippen LogP contribution in [0.25, 0.3) is 0 Å². The number of nitrogen functional groups attached to an aromatic ring is 1. The molecule has 1 aromatic rings. The van der Waals surface area contributed by atoms with Crippen molar-refractivity contribution in [3.8, 4) is 0 Å². The molecule has 0 saturated carbocycles. The Balaban J connectivity index is 2.39. The van der Waals surface area contributed by atoms with Crippen LogP contribution < -0.4 is 5.73 Å². The van der Waals surface area contributed by atoms with Crippen LogP contribution in [0.3, 0.4) is 0 Å². The molecule has 22 heavy (non-hydrogen) atoms. The van der Waals surface area contributed by atoms with E-state index in [9.17, 15) is 4.79 Å². The zero-order chi connectivity index (χ0) is 16.5. The Morgan fingerprint density at radius 3 is 2.18 bits per heavy atom. The predicted molar refractivity (Wildman–Crippen MR) is 92.0 cm³/mol. The van der Waals surface area contributed by atoms with Gasteiger partial charge in [0.2, 0.25) is 0 Å². The first-order chi connectivity index (χ1) is 10.5. The number of carbonyl (C=O) groups is 1. The lowest BCUT2D eigenvalue weighted by Gasteiger charge is -2.33. The fourth-order valence-corrected chi connectivity index (χ4v) is 2.46. The minimum absolute atomic E-state index is 0.279. The predicted octanol–water partition coefficient (Wildman–Crippen LogP) is 3.71. The van der Waals surface area contributed by atoms with Gasteiger partial charge in [-0.3, -0.25) is 4.90 Å². The topological polar surface area (TPSA) is 55.6 Å². The van der Waals surface area contributed by atoms with E-state index in [-0.39, 0.29) is 5.97 Å². The molecular weight excluding hydrogens is 276 g/mol. The number of ether oxygens (including phenoxy) is 1. The summed E-state index contributed by atoms with van der Waals surface area (Å²) in [6.45, 7) is 10.3. The summed E-state index contributed by atoms with van der Waals surface area (Å²) in [6, 6.07) is 7.93. The van der Waals surface area contributed by atoms with E-state index in [4.69, 9.17) is 10.5 Å². The highest BCUT2D eigenvalue weighted by atomic mass is 16.5. The maximum atomic E-state index is 11.9. The minimum atomic E-state index is -0.279. The van der Waals surface area contributed by atoms with Gasteiger partial charge in [-0.25, -0.2) is 4.79 Å². The van der Waals surface area contributed by atoms with Gasteiger partial charge in [-0.2, -0.15) is 0 Å². The second-order valence-corrected chi connectivity index (χ2v) is 5.86. The number of anilines is 1. The van der Waals surface area contributed by atoms with Crippen LogP contribution in [0.1, 0.15) is 57.3 Å². The van der Waals surface area contributed by atoms with E-state index >= 15 is 0 Å². The summed E-state index contributed by atoms with van der Waals surface area (Å²) in [6.07, 6.45) is 3.13. The summed E-state index contributed by atoms with van der Waals surface area (Å²) in [5, 5.41) is 0. The minimum Gasteiger partial charge on any atom is -0.462 e. The van der Waals surface area contributed by atoms with Gasteiger partial charge < -0.3 is 10.5 Å². The molecule has 4 heteroatoms. The van der Waals surface area contributed by atoms with Gasteiger partial charge >= 0.3 is 5.97 Å². The molecule has 1 rings (SSSR count). The molecule has 0 aliphatic carbocycles. The Kier molecular flexibility index (Phi) is 7.96. The summed E-state index contributed by atoms with van der Waals surface area (Å²) >= 11 is 0. The summed E-state index contributed by atoms with van der Waals surface area (Å²) in [5.41, 5.74) is 6.81. The first kappa shape index (κ1) is 18.5. The molecule has 0 radical (unpaired) electrons. The molecule has 2 unspecified atom stereocenters. The molecule has 0 bridgehead atoms. The molecule has 0 heterocycles. The molecular formula is C18H30N2O2. The Labute approximate surface area is 134 Å². The third-order valence-electron chi connectivity index (χ3n) is 4.25. The summed E-state index contributed by atoms with van der Waals surface area (Å²) in [7, 11) is 0. The van der Waals surface area contributed by atoms with E-state index in [0.29, 0.717) is 29.9 Å². The Hall–Kier alpha value is -1.55. The van der Waals surface area contributed by atoms with Gasteiger partial charge in [0, 0.05) is 24.3 Å². The van der Waals surface area contributed by atoms with E-state index in [1.165, 1.54) is 0 Å². The fourth-order valence-electron chi connectivity index (χ4n) is 2.46. The van der Waals surface area contributed by atoms with Crippen molar-refractivity contribution < 1.29 is 9.53 Å². The van der Waals surface area contributed by atoms with Crippen molar-refractivity contribution in [1.82, 2.24) is 4.90 Å². The van der Waals surface area contributed by atoms with Gasteiger partial charge in [0.15, 0.2) is 0 Å². The maximum Gasteiger partial charge on any atom is 0.338 e. The molecule has 0 aromatic heterocycles. The summed E-state index contributed by atoms with van der Waals surface area (Å²) in [4.78, 5) is 14.4. The number of rotatable bonds is 9. The lowest BCUT2D eigenvalue weighted by molar-refractivity contribution is 0.0470. The van der Waals surface area contributed by atoms with E-state index < -0.39 is 0 Å². The zero-order valence-electron chi connectivity index (χ0n) is 14.3. The van der Waals surface area contributed by atoms with Crippen molar-refractivity contribution in [2.24, 2.45) is 0 Å².